The Morgan fingerprint density at radius 3 is 2.39 bits per heavy atom. The van der Waals surface area contributed by atoms with E-state index >= 15 is 0 Å². The summed E-state index contributed by atoms with van der Waals surface area (Å²) in [4.78, 5) is 20.8. The van der Waals surface area contributed by atoms with Gasteiger partial charge in [0.2, 0.25) is 5.95 Å². The Hall–Kier alpha value is -1.79. The van der Waals surface area contributed by atoms with Gasteiger partial charge in [-0.3, -0.25) is 0 Å². The van der Waals surface area contributed by atoms with Gasteiger partial charge in [0.15, 0.2) is 0 Å². The first kappa shape index (κ1) is 12.7. The largest absolute Gasteiger partial charge is 0.465 e. The van der Waals surface area contributed by atoms with E-state index < -0.39 is 11.9 Å². The summed E-state index contributed by atoms with van der Waals surface area (Å²) in [6.45, 7) is 0.426. The van der Waals surface area contributed by atoms with Crippen LogP contribution in [0.5, 0.6) is 0 Å². The summed E-state index contributed by atoms with van der Waals surface area (Å²) in [6, 6.07) is 0. The van der Waals surface area contributed by atoms with Gasteiger partial charge in [-0.15, -0.1) is 0 Å². The smallest absolute Gasteiger partial charge is 0.341 e. The second kappa shape index (κ2) is 4.83. The van der Waals surface area contributed by atoms with E-state index in [4.69, 9.17) is 0 Å². The van der Waals surface area contributed by atoms with Gasteiger partial charge >= 0.3 is 5.97 Å². The molecule has 1 aliphatic heterocycles. The zero-order valence-electron chi connectivity index (χ0n) is 9.90. The quantitative estimate of drug-likeness (QED) is 0.751. The maximum Gasteiger partial charge on any atom is 0.341 e. The first-order chi connectivity index (χ1) is 8.52. The Morgan fingerprint density at radius 1 is 1.33 bits per heavy atom. The number of hydrogen-bond acceptors (Lipinski definition) is 5. The highest BCUT2D eigenvalue weighted by atomic mass is 19.3. The number of aromatic nitrogens is 2. The number of alkyl halides is 2. The van der Waals surface area contributed by atoms with E-state index in [9.17, 15) is 13.6 Å². The van der Waals surface area contributed by atoms with Crippen LogP contribution in [0, 0.1) is 0 Å². The van der Waals surface area contributed by atoms with Crippen LogP contribution in [0.15, 0.2) is 12.4 Å². The van der Waals surface area contributed by atoms with E-state index in [-0.39, 0.29) is 31.5 Å². The molecule has 0 spiro atoms. The molecule has 1 aromatic rings. The lowest BCUT2D eigenvalue weighted by molar-refractivity contribution is -0.0222. The molecule has 2 heterocycles. The van der Waals surface area contributed by atoms with E-state index in [1.54, 1.807) is 4.90 Å². The Labute approximate surface area is 103 Å². The molecule has 0 atom stereocenters. The predicted octanol–water partition coefficient (Wildman–Crippen LogP) is 1.50. The number of halogens is 2. The van der Waals surface area contributed by atoms with Crippen LogP contribution in [0.4, 0.5) is 14.7 Å². The highest BCUT2D eigenvalue weighted by Gasteiger charge is 2.34. The molecule has 7 heteroatoms. The molecule has 0 amide bonds. The van der Waals surface area contributed by atoms with Gasteiger partial charge < -0.3 is 9.64 Å². The van der Waals surface area contributed by atoms with Gasteiger partial charge in [-0.25, -0.2) is 23.5 Å². The fourth-order valence-electron chi connectivity index (χ4n) is 1.74. The van der Waals surface area contributed by atoms with Gasteiger partial charge in [0, 0.05) is 38.3 Å². The first-order valence-electron chi connectivity index (χ1n) is 5.55. The number of carbonyl (C=O) groups is 1. The summed E-state index contributed by atoms with van der Waals surface area (Å²) in [5.41, 5.74) is 0.239. The van der Waals surface area contributed by atoms with Crippen LogP contribution in [-0.2, 0) is 4.74 Å². The van der Waals surface area contributed by atoms with Crippen molar-refractivity contribution in [1.82, 2.24) is 9.97 Å². The predicted molar refractivity (Wildman–Crippen MR) is 59.8 cm³/mol. The summed E-state index contributed by atoms with van der Waals surface area (Å²) in [6.07, 6.45) is 2.27. The van der Waals surface area contributed by atoms with Crippen LogP contribution in [0.25, 0.3) is 0 Å². The van der Waals surface area contributed by atoms with E-state index in [2.05, 4.69) is 14.7 Å². The zero-order valence-corrected chi connectivity index (χ0v) is 9.90. The minimum atomic E-state index is -2.59. The molecule has 1 saturated heterocycles. The van der Waals surface area contributed by atoms with Crippen molar-refractivity contribution in [2.45, 2.75) is 18.8 Å². The number of anilines is 1. The van der Waals surface area contributed by atoms with Crippen LogP contribution in [0.3, 0.4) is 0 Å². The van der Waals surface area contributed by atoms with Crippen LogP contribution in [0.1, 0.15) is 23.2 Å². The number of ether oxygens (including phenoxy) is 1. The van der Waals surface area contributed by atoms with Crippen molar-refractivity contribution in [3.63, 3.8) is 0 Å². The highest BCUT2D eigenvalue weighted by Crippen LogP contribution is 2.28. The molecule has 0 radical (unpaired) electrons. The van der Waals surface area contributed by atoms with Crippen molar-refractivity contribution >= 4 is 11.9 Å². The second-order valence-corrected chi connectivity index (χ2v) is 4.11. The van der Waals surface area contributed by atoms with E-state index in [1.807, 2.05) is 0 Å². The van der Waals surface area contributed by atoms with Crippen molar-refractivity contribution in [1.29, 1.82) is 0 Å². The Balaban J connectivity index is 2.04. The third-order valence-corrected chi connectivity index (χ3v) is 2.84. The molecule has 5 nitrogen and oxygen atoms in total. The van der Waals surface area contributed by atoms with E-state index in [1.165, 1.54) is 19.5 Å². The highest BCUT2D eigenvalue weighted by molar-refractivity contribution is 5.88. The van der Waals surface area contributed by atoms with Gasteiger partial charge in [0.05, 0.1) is 12.7 Å². The third-order valence-electron chi connectivity index (χ3n) is 2.84. The summed E-state index contributed by atoms with van der Waals surface area (Å²) in [5, 5.41) is 0. The van der Waals surface area contributed by atoms with Crippen molar-refractivity contribution in [3.05, 3.63) is 18.0 Å². The molecular weight excluding hydrogens is 244 g/mol. The van der Waals surface area contributed by atoms with Crippen molar-refractivity contribution < 1.29 is 18.3 Å². The molecule has 1 fully saturated rings. The molecule has 0 aliphatic carbocycles. The van der Waals surface area contributed by atoms with E-state index in [0.29, 0.717) is 5.95 Å². The number of esters is 1. The number of methoxy groups -OCH3 is 1. The topological polar surface area (TPSA) is 55.3 Å². The first-order valence-corrected chi connectivity index (χ1v) is 5.55. The summed E-state index contributed by atoms with van der Waals surface area (Å²) >= 11 is 0. The minimum absolute atomic E-state index is 0.199. The molecule has 2 rings (SSSR count). The average molecular weight is 257 g/mol. The molecule has 0 unspecified atom stereocenters. The molecule has 0 N–H and O–H groups in total. The maximum absolute atomic E-state index is 13.0. The lowest BCUT2D eigenvalue weighted by atomic mass is 10.1. The zero-order chi connectivity index (χ0) is 13.2. The van der Waals surface area contributed by atoms with Crippen molar-refractivity contribution in [3.8, 4) is 0 Å². The van der Waals surface area contributed by atoms with Crippen LogP contribution < -0.4 is 4.90 Å². The van der Waals surface area contributed by atoms with Gasteiger partial charge in [0.25, 0.3) is 5.92 Å². The van der Waals surface area contributed by atoms with E-state index in [0.717, 1.165) is 0 Å². The van der Waals surface area contributed by atoms with Crippen LogP contribution in [-0.4, -0.2) is 42.1 Å². The van der Waals surface area contributed by atoms with Crippen molar-refractivity contribution in [2.75, 3.05) is 25.1 Å². The van der Waals surface area contributed by atoms with Crippen molar-refractivity contribution in [2.24, 2.45) is 0 Å². The monoisotopic (exact) mass is 257 g/mol. The number of piperidine rings is 1. The Bertz CT molecular complexity index is 426. The molecule has 1 aromatic heterocycles. The minimum Gasteiger partial charge on any atom is -0.465 e. The summed E-state index contributed by atoms with van der Waals surface area (Å²) in [7, 11) is 1.27. The third kappa shape index (κ3) is 2.72. The van der Waals surface area contributed by atoms with Gasteiger partial charge in [-0.05, 0) is 0 Å². The number of nitrogens with zero attached hydrogens (tertiary/aromatic N) is 3. The SMILES string of the molecule is COC(=O)c1cnc(N2CCC(F)(F)CC2)nc1. The number of carbonyl (C=O) groups excluding carboxylic acids is 1. The lowest BCUT2D eigenvalue weighted by Gasteiger charge is -2.31. The standard InChI is InChI=1S/C11H13F2N3O2/c1-18-9(17)8-6-14-10(15-7-8)16-4-2-11(12,13)3-5-16/h6-7H,2-5H2,1H3. The molecule has 0 bridgehead atoms. The fourth-order valence-corrected chi connectivity index (χ4v) is 1.74. The average Bonchev–Trinajstić information content (AvgIpc) is 2.38. The number of rotatable bonds is 2. The Morgan fingerprint density at radius 2 is 1.89 bits per heavy atom. The van der Waals surface area contributed by atoms with Crippen LogP contribution >= 0.6 is 0 Å². The summed E-state index contributed by atoms with van der Waals surface area (Å²) in [5.74, 6) is -2.76. The Kier molecular flexibility index (Phi) is 3.40. The van der Waals surface area contributed by atoms with Gasteiger partial charge in [-0.1, -0.05) is 0 Å². The molecule has 98 valence electrons. The maximum atomic E-state index is 13.0. The normalized spacial score (nSPS) is 18.5. The number of hydrogen-bond donors (Lipinski definition) is 0. The van der Waals surface area contributed by atoms with Gasteiger partial charge in [0.1, 0.15) is 0 Å². The molecule has 0 saturated carbocycles. The molecule has 1 aliphatic rings. The second-order valence-electron chi connectivity index (χ2n) is 4.11. The fraction of sp³-hybridized carbons (Fsp3) is 0.545. The molecule has 18 heavy (non-hydrogen) atoms. The van der Waals surface area contributed by atoms with Crippen LogP contribution in [0.2, 0.25) is 0 Å². The summed E-state index contributed by atoms with van der Waals surface area (Å²) < 4.78 is 30.5. The van der Waals surface area contributed by atoms with Gasteiger partial charge in [-0.2, -0.15) is 0 Å². The molecular formula is C11H13F2N3O2. The lowest BCUT2D eigenvalue weighted by Crippen LogP contribution is -2.40. The molecule has 0 aromatic carbocycles.